The summed E-state index contributed by atoms with van der Waals surface area (Å²) in [5, 5.41) is 6.86. The molecule has 0 aliphatic carbocycles. The highest BCUT2D eigenvalue weighted by Gasteiger charge is 2.33. The summed E-state index contributed by atoms with van der Waals surface area (Å²) in [5.74, 6) is -0.988. The maximum atomic E-state index is 15.1. The molecule has 198 valence electrons. The molecule has 0 spiro atoms. The van der Waals surface area contributed by atoms with Crippen LogP contribution >= 0.6 is 0 Å². The van der Waals surface area contributed by atoms with E-state index in [0.717, 1.165) is 0 Å². The highest BCUT2D eigenvalue weighted by atomic mass is 19.1. The topological polar surface area (TPSA) is 154 Å². The van der Waals surface area contributed by atoms with E-state index >= 15 is 4.39 Å². The van der Waals surface area contributed by atoms with Crippen molar-refractivity contribution in [1.29, 1.82) is 0 Å². The van der Waals surface area contributed by atoms with Gasteiger partial charge in [0.1, 0.15) is 11.9 Å². The standard InChI is InChI=1S/C22H33FN8O5/c1-15(32)27-12-18-14-30(22(34)36-18)17-3-4-20(19(23)9-17)29-5-6-31(35-8-7-29)21(33)13-26-11-16(10-24)28-25-2/h3-4,9-10,18,25-26,28H,5-8,11-14,24H2,1-2H3,(H,27,32)/b16-10-/t18-/m0/s1. The lowest BCUT2D eigenvalue weighted by atomic mass is 10.2. The van der Waals surface area contributed by atoms with Crippen LogP contribution in [0.1, 0.15) is 6.92 Å². The van der Waals surface area contributed by atoms with Crippen molar-refractivity contribution in [2.45, 2.75) is 13.0 Å². The second-order valence-electron chi connectivity index (χ2n) is 8.18. The number of anilines is 2. The molecule has 3 amide bonds. The number of hydrogen-bond donors (Lipinski definition) is 5. The number of carbonyl (C=O) groups excluding carboxylic acids is 3. The predicted octanol–water partition coefficient (Wildman–Crippen LogP) is -1.02. The zero-order valence-corrected chi connectivity index (χ0v) is 20.4. The molecule has 1 atom stereocenters. The monoisotopic (exact) mass is 508 g/mol. The first-order valence-corrected chi connectivity index (χ1v) is 11.6. The van der Waals surface area contributed by atoms with Crippen LogP contribution in [0.2, 0.25) is 0 Å². The first-order valence-electron chi connectivity index (χ1n) is 11.6. The van der Waals surface area contributed by atoms with Crippen molar-refractivity contribution >= 4 is 29.3 Å². The van der Waals surface area contributed by atoms with Crippen molar-refractivity contribution in [2.75, 3.05) is 69.3 Å². The molecule has 2 aliphatic rings. The summed E-state index contributed by atoms with van der Waals surface area (Å²) >= 11 is 0. The summed E-state index contributed by atoms with van der Waals surface area (Å²) in [5.41, 5.74) is 12.5. The molecule has 0 bridgehead atoms. The number of cyclic esters (lactones) is 1. The van der Waals surface area contributed by atoms with Gasteiger partial charge in [0.05, 0.1) is 49.9 Å². The molecular weight excluding hydrogens is 475 g/mol. The molecule has 0 unspecified atom stereocenters. The van der Waals surface area contributed by atoms with Gasteiger partial charge in [-0.15, -0.1) is 0 Å². The lowest BCUT2D eigenvalue weighted by Crippen LogP contribution is -2.41. The van der Waals surface area contributed by atoms with E-state index in [0.29, 0.717) is 36.7 Å². The van der Waals surface area contributed by atoms with Crippen LogP contribution < -0.4 is 37.0 Å². The Hall–Kier alpha value is -3.62. The smallest absolute Gasteiger partial charge is 0.414 e. The fraction of sp³-hybridized carbons (Fsp3) is 0.500. The first kappa shape index (κ1) is 27.0. The molecule has 1 aromatic rings. The molecule has 14 heteroatoms. The summed E-state index contributed by atoms with van der Waals surface area (Å²) in [4.78, 5) is 44.5. The number of hydrogen-bond acceptors (Lipinski definition) is 10. The number of nitrogens with one attached hydrogen (secondary N) is 4. The lowest BCUT2D eigenvalue weighted by Gasteiger charge is -2.24. The second kappa shape index (κ2) is 12.9. The minimum absolute atomic E-state index is 0.0423. The molecule has 0 radical (unpaired) electrons. The Morgan fingerprint density at radius 1 is 1.25 bits per heavy atom. The maximum Gasteiger partial charge on any atom is 0.414 e. The summed E-state index contributed by atoms with van der Waals surface area (Å²) in [6.07, 6.45) is 0.284. The van der Waals surface area contributed by atoms with Crippen molar-refractivity contribution in [3.05, 3.63) is 35.9 Å². The molecular formula is C22H33FN8O5. The Morgan fingerprint density at radius 3 is 2.75 bits per heavy atom. The number of carbonyl (C=O) groups is 3. The molecule has 0 saturated carbocycles. The lowest BCUT2D eigenvalue weighted by molar-refractivity contribution is -0.180. The van der Waals surface area contributed by atoms with E-state index in [4.69, 9.17) is 15.3 Å². The quantitative estimate of drug-likeness (QED) is 0.248. The number of benzene rings is 1. The van der Waals surface area contributed by atoms with Gasteiger partial charge in [0.15, 0.2) is 0 Å². The van der Waals surface area contributed by atoms with E-state index in [2.05, 4.69) is 21.5 Å². The van der Waals surface area contributed by atoms with Crippen molar-refractivity contribution in [1.82, 2.24) is 26.5 Å². The third-order valence-electron chi connectivity index (χ3n) is 5.57. The number of hydroxylamine groups is 2. The zero-order valence-electron chi connectivity index (χ0n) is 20.4. The van der Waals surface area contributed by atoms with Crippen molar-refractivity contribution in [3.63, 3.8) is 0 Å². The molecule has 1 aromatic carbocycles. The van der Waals surface area contributed by atoms with Crippen LogP contribution in [0.15, 0.2) is 30.1 Å². The molecule has 0 aromatic heterocycles. The minimum Gasteiger partial charge on any atom is -0.442 e. The average molecular weight is 509 g/mol. The van der Waals surface area contributed by atoms with E-state index in [9.17, 15) is 14.4 Å². The van der Waals surface area contributed by atoms with Crippen LogP contribution in [0.25, 0.3) is 0 Å². The van der Waals surface area contributed by atoms with E-state index in [1.165, 1.54) is 29.2 Å². The number of nitrogens with zero attached hydrogens (tertiary/aromatic N) is 3. The predicted molar refractivity (Wildman–Crippen MR) is 130 cm³/mol. The molecule has 36 heavy (non-hydrogen) atoms. The van der Waals surface area contributed by atoms with Crippen LogP contribution in [-0.2, 0) is 19.2 Å². The molecule has 2 saturated heterocycles. The van der Waals surface area contributed by atoms with Crippen LogP contribution in [0.3, 0.4) is 0 Å². The van der Waals surface area contributed by atoms with Gasteiger partial charge in [-0.05, 0) is 18.2 Å². The summed E-state index contributed by atoms with van der Waals surface area (Å²) in [6.45, 7) is 3.36. The van der Waals surface area contributed by atoms with Crippen LogP contribution in [0, 0.1) is 5.82 Å². The Labute approximate surface area is 208 Å². The van der Waals surface area contributed by atoms with Crippen molar-refractivity contribution < 1.29 is 28.3 Å². The third kappa shape index (κ3) is 7.19. The SMILES string of the molecule is CNN/C(=C\N)CNCC(=O)N1CCN(c2ccc(N3C[C@H](CNC(C)=O)OC3=O)cc2F)CCO1. The fourth-order valence-corrected chi connectivity index (χ4v) is 3.80. The molecule has 2 aliphatic heterocycles. The largest absolute Gasteiger partial charge is 0.442 e. The van der Waals surface area contributed by atoms with E-state index in [1.54, 1.807) is 24.1 Å². The van der Waals surface area contributed by atoms with Gasteiger partial charge in [-0.2, -0.15) is 0 Å². The Morgan fingerprint density at radius 2 is 2.06 bits per heavy atom. The number of nitrogens with two attached hydrogens (primary N) is 1. The van der Waals surface area contributed by atoms with Gasteiger partial charge >= 0.3 is 6.09 Å². The van der Waals surface area contributed by atoms with Crippen molar-refractivity contribution in [3.8, 4) is 0 Å². The number of rotatable bonds is 10. The van der Waals surface area contributed by atoms with Crippen LogP contribution in [0.4, 0.5) is 20.6 Å². The summed E-state index contributed by atoms with van der Waals surface area (Å²) in [7, 11) is 1.70. The van der Waals surface area contributed by atoms with Crippen molar-refractivity contribution in [2.24, 2.45) is 5.73 Å². The first-order chi connectivity index (χ1) is 17.3. The number of hydrazine groups is 1. The van der Waals surface area contributed by atoms with Gasteiger partial charge < -0.3 is 31.4 Å². The van der Waals surface area contributed by atoms with Gasteiger partial charge in [-0.3, -0.25) is 19.3 Å². The van der Waals surface area contributed by atoms with E-state index < -0.39 is 18.0 Å². The van der Waals surface area contributed by atoms with E-state index in [1.807, 2.05) is 0 Å². The number of amides is 3. The average Bonchev–Trinajstić information content (AvgIpc) is 3.06. The molecule has 2 fully saturated rings. The van der Waals surface area contributed by atoms with Crippen LogP contribution in [0.5, 0.6) is 0 Å². The molecule has 13 nitrogen and oxygen atoms in total. The van der Waals surface area contributed by atoms with Gasteiger partial charge in [0, 0.05) is 39.8 Å². The van der Waals surface area contributed by atoms with Gasteiger partial charge in [-0.25, -0.2) is 19.7 Å². The number of halogens is 1. The number of ether oxygens (including phenoxy) is 1. The Bertz CT molecular complexity index is 978. The third-order valence-corrected chi connectivity index (χ3v) is 5.57. The Kier molecular flexibility index (Phi) is 9.67. The Balaban J connectivity index is 1.54. The van der Waals surface area contributed by atoms with E-state index in [-0.39, 0.29) is 44.6 Å². The molecule has 3 rings (SSSR count). The molecule has 2 heterocycles. The second-order valence-corrected chi connectivity index (χ2v) is 8.18. The van der Waals surface area contributed by atoms with Gasteiger partial charge in [0.25, 0.3) is 5.91 Å². The van der Waals surface area contributed by atoms with Gasteiger partial charge in [-0.1, -0.05) is 0 Å². The summed E-state index contributed by atoms with van der Waals surface area (Å²) < 4.78 is 20.3. The normalized spacial score (nSPS) is 18.6. The molecule has 6 N–H and O–H groups in total. The summed E-state index contributed by atoms with van der Waals surface area (Å²) in [6, 6.07) is 4.51. The van der Waals surface area contributed by atoms with Gasteiger partial charge in [0.2, 0.25) is 5.91 Å². The highest BCUT2D eigenvalue weighted by molar-refractivity contribution is 5.90. The van der Waals surface area contributed by atoms with Crippen LogP contribution in [-0.4, -0.2) is 88.5 Å². The minimum atomic E-state index is -0.598. The fourth-order valence-electron chi connectivity index (χ4n) is 3.80. The zero-order chi connectivity index (χ0) is 26.1. The maximum absolute atomic E-state index is 15.1. The highest BCUT2D eigenvalue weighted by Crippen LogP contribution is 2.28.